The van der Waals surface area contributed by atoms with Crippen molar-refractivity contribution in [2.24, 2.45) is 5.92 Å². The number of carbonyl (C=O) groups is 2. The van der Waals surface area contributed by atoms with Crippen molar-refractivity contribution in [1.29, 1.82) is 0 Å². The van der Waals surface area contributed by atoms with E-state index in [0.717, 1.165) is 40.9 Å². The molecule has 0 atom stereocenters. The maximum atomic E-state index is 12.0. The lowest BCUT2D eigenvalue weighted by atomic mass is 9.89. The number of benzene rings is 1. The Hall–Kier alpha value is -1.95. The summed E-state index contributed by atoms with van der Waals surface area (Å²) in [5.74, 6) is -0.0749. The Labute approximate surface area is 139 Å². The van der Waals surface area contributed by atoms with Gasteiger partial charge in [-0.2, -0.15) is 0 Å². The summed E-state index contributed by atoms with van der Waals surface area (Å²) in [7, 11) is 0. The zero-order valence-corrected chi connectivity index (χ0v) is 13.8. The number of hydrogen-bond donors (Lipinski definition) is 2. The quantitative estimate of drug-likeness (QED) is 0.885. The summed E-state index contributed by atoms with van der Waals surface area (Å²) in [6, 6.07) is 7.90. The Bertz CT molecular complexity index is 659. The summed E-state index contributed by atoms with van der Waals surface area (Å²) >= 11 is 1.57. The van der Waals surface area contributed by atoms with E-state index in [0.29, 0.717) is 6.54 Å². The highest BCUT2D eigenvalue weighted by molar-refractivity contribution is 7.18. The van der Waals surface area contributed by atoms with E-state index in [-0.39, 0.29) is 24.3 Å². The van der Waals surface area contributed by atoms with Gasteiger partial charge in [0.05, 0.1) is 23.3 Å². The first-order valence-corrected chi connectivity index (χ1v) is 8.93. The molecule has 2 aromatic rings. The number of nitrogens with one attached hydrogen (secondary N) is 2. The zero-order chi connectivity index (χ0) is 16.1. The molecule has 0 spiro atoms. The van der Waals surface area contributed by atoms with Crippen LogP contribution in [0.2, 0.25) is 0 Å². The Morgan fingerprint density at radius 1 is 1.13 bits per heavy atom. The predicted molar refractivity (Wildman–Crippen MR) is 91.1 cm³/mol. The molecule has 1 saturated carbocycles. The topological polar surface area (TPSA) is 71.1 Å². The molecule has 23 heavy (non-hydrogen) atoms. The monoisotopic (exact) mass is 331 g/mol. The van der Waals surface area contributed by atoms with Gasteiger partial charge in [-0.05, 0) is 25.0 Å². The Morgan fingerprint density at radius 3 is 2.70 bits per heavy atom. The summed E-state index contributed by atoms with van der Waals surface area (Å²) in [6.07, 6.45) is 5.33. The van der Waals surface area contributed by atoms with Crippen LogP contribution in [0.5, 0.6) is 0 Å². The van der Waals surface area contributed by atoms with Gasteiger partial charge in [-0.3, -0.25) is 9.59 Å². The van der Waals surface area contributed by atoms with Gasteiger partial charge in [-0.25, -0.2) is 4.98 Å². The van der Waals surface area contributed by atoms with Crippen molar-refractivity contribution in [1.82, 2.24) is 15.6 Å². The van der Waals surface area contributed by atoms with Gasteiger partial charge in [-0.15, -0.1) is 11.3 Å². The van der Waals surface area contributed by atoms with Crippen LogP contribution >= 0.6 is 11.3 Å². The number of hydrogen-bond acceptors (Lipinski definition) is 4. The normalized spacial score (nSPS) is 15.5. The third-order valence-electron chi connectivity index (χ3n) is 4.17. The molecule has 0 aliphatic heterocycles. The average molecular weight is 331 g/mol. The van der Waals surface area contributed by atoms with E-state index >= 15 is 0 Å². The highest BCUT2D eigenvalue weighted by Crippen LogP contribution is 2.23. The molecule has 1 fully saturated rings. The second-order valence-corrected chi connectivity index (χ2v) is 7.02. The number of rotatable bonds is 5. The molecule has 0 radical (unpaired) electrons. The number of carbonyl (C=O) groups excluding carboxylic acids is 2. The lowest BCUT2D eigenvalue weighted by Gasteiger charge is -2.20. The fourth-order valence-electron chi connectivity index (χ4n) is 2.91. The van der Waals surface area contributed by atoms with Gasteiger partial charge in [0.15, 0.2) is 0 Å². The van der Waals surface area contributed by atoms with E-state index < -0.39 is 0 Å². The first-order valence-electron chi connectivity index (χ1n) is 8.11. The standard InChI is InChI=1S/C17H21N3O2S/c21-15(10-19-17(22)12-6-2-1-3-7-12)18-11-16-20-13-8-4-5-9-14(13)23-16/h4-5,8-9,12H,1-3,6-7,10-11H2,(H,18,21)(H,19,22). The summed E-state index contributed by atoms with van der Waals surface area (Å²) in [4.78, 5) is 28.3. The van der Waals surface area contributed by atoms with Crippen LogP contribution in [0.25, 0.3) is 10.2 Å². The lowest BCUT2D eigenvalue weighted by molar-refractivity contribution is -0.129. The van der Waals surface area contributed by atoms with Crippen molar-refractivity contribution in [2.45, 2.75) is 38.6 Å². The minimum absolute atomic E-state index is 0.0137. The number of aromatic nitrogens is 1. The van der Waals surface area contributed by atoms with Gasteiger partial charge in [0.2, 0.25) is 11.8 Å². The van der Waals surface area contributed by atoms with Gasteiger partial charge in [0.25, 0.3) is 0 Å². The van der Waals surface area contributed by atoms with E-state index in [1.807, 2.05) is 24.3 Å². The second-order valence-electron chi connectivity index (χ2n) is 5.90. The zero-order valence-electron chi connectivity index (χ0n) is 13.0. The third-order valence-corrected chi connectivity index (χ3v) is 5.21. The van der Waals surface area contributed by atoms with Crippen molar-refractivity contribution in [3.8, 4) is 0 Å². The SMILES string of the molecule is O=C(CNC(=O)C1CCCCC1)NCc1nc2ccccc2s1. The highest BCUT2D eigenvalue weighted by Gasteiger charge is 2.21. The maximum absolute atomic E-state index is 12.0. The summed E-state index contributed by atoms with van der Waals surface area (Å²) in [6.45, 7) is 0.442. The van der Waals surface area contributed by atoms with E-state index in [1.54, 1.807) is 11.3 Å². The molecule has 3 rings (SSSR count). The molecule has 122 valence electrons. The largest absolute Gasteiger partial charge is 0.348 e. The van der Waals surface area contributed by atoms with Crippen molar-refractivity contribution in [3.05, 3.63) is 29.3 Å². The van der Waals surface area contributed by atoms with E-state index in [4.69, 9.17) is 0 Å². The van der Waals surface area contributed by atoms with E-state index in [2.05, 4.69) is 15.6 Å². The average Bonchev–Trinajstić information content (AvgIpc) is 3.01. The molecule has 0 unspecified atom stereocenters. The molecule has 1 heterocycles. The fraction of sp³-hybridized carbons (Fsp3) is 0.471. The molecule has 1 aliphatic rings. The van der Waals surface area contributed by atoms with Crippen LogP contribution < -0.4 is 10.6 Å². The smallest absolute Gasteiger partial charge is 0.239 e. The molecule has 2 N–H and O–H groups in total. The first-order chi connectivity index (χ1) is 11.2. The third kappa shape index (κ3) is 4.28. The number of nitrogens with zero attached hydrogens (tertiary/aromatic N) is 1. The van der Waals surface area contributed by atoms with Crippen molar-refractivity contribution >= 4 is 33.4 Å². The van der Waals surface area contributed by atoms with Gasteiger partial charge >= 0.3 is 0 Å². The van der Waals surface area contributed by atoms with Crippen LogP contribution in [0, 0.1) is 5.92 Å². The molecular formula is C17H21N3O2S. The van der Waals surface area contributed by atoms with Crippen molar-refractivity contribution in [3.63, 3.8) is 0 Å². The molecular weight excluding hydrogens is 310 g/mol. The van der Waals surface area contributed by atoms with Crippen LogP contribution in [0.3, 0.4) is 0 Å². The number of thiazole rings is 1. The number of fused-ring (bicyclic) bond motifs is 1. The summed E-state index contributed by atoms with van der Waals surface area (Å²) < 4.78 is 1.11. The molecule has 5 nitrogen and oxygen atoms in total. The minimum atomic E-state index is -0.173. The Kier molecular flexibility index (Phi) is 5.23. The van der Waals surface area contributed by atoms with Crippen LogP contribution in [-0.2, 0) is 16.1 Å². The molecule has 1 aliphatic carbocycles. The summed E-state index contributed by atoms with van der Waals surface area (Å²) in [5, 5.41) is 6.43. The van der Waals surface area contributed by atoms with Crippen LogP contribution in [0.1, 0.15) is 37.1 Å². The van der Waals surface area contributed by atoms with Gasteiger partial charge in [0.1, 0.15) is 5.01 Å². The lowest BCUT2D eigenvalue weighted by Crippen LogP contribution is -2.39. The molecule has 1 aromatic heterocycles. The van der Waals surface area contributed by atoms with E-state index in [9.17, 15) is 9.59 Å². The van der Waals surface area contributed by atoms with E-state index in [1.165, 1.54) is 6.42 Å². The van der Waals surface area contributed by atoms with Crippen molar-refractivity contribution < 1.29 is 9.59 Å². The predicted octanol–water partition coefficient (Wildman–Crippen LogP) is 2.61. The maximum Gasteiger partial charge on any atom is 0.239 e. The van der Waals surface area contributed by atoms with Crippen LogP contribution in [0.4, 0.5) is 0 Å². The number of para-hydroxylation sites is 1. The van der Waals surface area contributed by atoms with Crippen LogP contribution in [-0.4, -0.2) is 23.3 Å². The second kappa shape index (κ2) is 7.55. The molecule has 0 bridgehead atoms. The van der Waals surface area contributed by atoms with Gasteiger partial charge in [-0.1, -0.05) is 31.4 Å². The Morgan fingerprint density at radius 2 is 1.91 bits per heavy atom. The van der Waals surface area contributed by atoms with Gasteiger partial charge < -0.3 is 10.6 Å². The molecule has 1 aromatic carbocycles. The molecule has 6 heteroatoms. The first kappa shape index (κ1) is 15.9. The number of amides is 2. The fourth-order valence-corrected chi connectivity index (χ4v) is 3.82. The van der Waals surface area contributed by atoms with Gasteiger partial charge in [0, 0.05) is 5.92 Å². The van der Waals surface area contributed by atoms with Crippen LogP contribution in [0.15, 0.2) is 24.3 Å². The minimum Gasteiger partial charge on any atom is -0.348 e. The van der Waals surface area contributed by atoms with Crippen molar-refractivity contribution in [2.75, 3.05) is 6.54 Å². The Balaban J connectivity index is 1.43. The molecule has 0 saturated heterocycles. The molecule has 2 amide bonds. The highest BCUT2D eigenvalue weighted by atomic mass is 32.1. The summed E-state index contributed by atoms with van der Waals surface area (Å²) in [5.41, 5.74) is 0.951.